The normalized spacial score (nSPS) is 15.5. The summed E-state index contributed by atoms with van der Waals surface area (Å²) in [6.07, 6.45) is -4.69. The number of alkyl halides is 3. The highest BCUT2D eigenvalue weighted by atomic mass is 19.3. The Labute approximate surface area is 75.3 Å². The van der Waals surface area contributed by atoms with Gasteiger partial charge in [-0.1, -0.05) is 19.9 Å². The molecule has 0 saturated heterocycles. The van der Waals surface area contributed by atoms with Crippen LogP contribution in [0.5, 0.6) is 0 Å². The van der Waals surface area contributed by atoms with E-state index in [-0.39, 0.29) is 0 Å². The van der Waals surface area contributed by atoms with Crippen molar-refractivity contribution in [3.05, 3.63) is 12.8 Å². The Bertz CT molecular complexity index is 141. The van der Waals surface area contributed by atoms with Gasteiger partial charge in [-0.25, -0.2) is 13.2 Å². The van der Waals surface area contributed by atoms with Crippen LogP contribution in [0.1, 0.15) is 19.8 Å². The van der Waals surface area contributed by atoms with E-state index < -0.39 is 19.1 Å². The number of hydrogen-bond donors (Lipinski definition) is 0. The van der Waals surface area contributed by atoms with E-state index in [1.54, 1.807) is 6.92 Å². The second kappa shape index (κ2) is 6.77. The van der Waals surface area contributed by atoms with Crippen molar-refractivity contribution in [2.75, 3.05) is 0 Å². The maximum atomic E-state index is 12.3. The molecule has 0 fully saturated rings. The van der Waals surface area contributed by atoms with E-state index in [2.05, 4.69) is 16.1 Å². The van der Waals surface area contributed by atoms with Crippen LogP contribution < -0.4 is 0 Å². The van der Waals surface area contributed by atoms with Crippen LogP contribution in [0, 0.1) is 0 Å². The molecular weight excluding hydrogens is 185 g/mol. The average molecular weight is 198 g/mol. The third kappa shape index (κ3) is 5.52. The zero-order valence-corrected chi connectivity index (χ0v) is 7.38. The molecule has 0 saturated carbocycles. The van der Waals surface area contributed by atoms with Gasteiger partial charge in [-0.2, -0.15) is 0 Å². The molecular formula is C8H13F3O2. The van der Waals surface area contributed by atoms with Crippen molar-refractivity contribution in [3.63, 3.8) is 0 Å². The van der Waals surface area contributed by atoms with E-state index in [4.69, 9.17) is 0 Å². The smallest absolute Gasteiger partial charge is 0.293 e. The second-order valence-electron chi connectivity index (χ2n) is 2.34. The first-order valence-electron chi connectivity index (χ1n) is 3.95. The summed E-state index contributed by atoms with van der Waals surface area (Å²) >= 11 is 0. The Morgan fingerprint density at radius 1 is 1.38 bits per heavy atom. The number of halogens is 3. The van der Waals surface area contributed by atoms with E-state index in [0.717, 1.165) is 6.26 Å². The predicted molar refractivity (Wildman–Crippen MR) is 42.0 cm³/mol. The fourth-order valence-corrected chi connectivity index (χ4v) is 0.716. The summed E-state index contributed by atoms with van der Waals surface area (Å²) in [5.74, 6) is 0. The van der Waals surface area contributed by atoms with Crippen LogP contribution in [-0.2, 0) is 9.47 Å². The van der Waals surface area contributed by atoms with Gasteiger partial charge in [0.1, 0.15) is 0 Å². The summed E-state index contributed by atoms with van der Waals surface area (Å²) in [6.45, 7) is 5.03. The highest BCUT2D eigenvalue weighted by Crippen LogP contribution is 2.13. The minimum Gasteiger partial charge on any atom is -0.473 e. The van der Waals surface area contributed by atoms with Gasteiger partial charge in [0.2, 0.25) is 6.29 Å². The van der Waals surface area contributed by atoms with Crippen LogP contribution in [-0.4, -0.2) is 19.1 Å². The van der Waals surface area contributed by atoms with Crippen molar-refractivity contribution in [2.24, 2.45) is 0 Å². The maximum absolute atomic E-state index is 12.3. The Morgan fingerprint density at radius 2 is 2.00 bits per heavy atom. The minimum atomic E-state index is -3.15. The summed E-state index contributed by atoms with van der Waals surface area (Å²) in [4.78, 5) is 0. The molecule has 0 rings (SSSR count). The summed E-state index contributed by atoms with van der Waals surface area (Å²) in [5.41, 5.74) is 0. The molecule has 0 radical (unpaired) electrons. The molecule has 0 heterocycles. The van der Waals surface area contributed by atoms with E-state index in [0.29, 0.717) is 12.8 Å². The van der Waals surface area contributed by atoms with Crippen molar-refractivity contribution in [2.45, 2.75) is 38.8 Å². The first-order valence-corrected chi connectivity index (χ1v) is 3.95. The number of rotatable bonds is 7. The zero-order chi connectivity index (χ0) is 10.3. The van der Waals surface area contributed by atoms with E-state index in [1.165, 1.54) is 0 Å². The number of ether oxygens (including phenoxy) is 2. The molecule has 0 spiro atoms. The highest BCUT2D eigenvalue weighted by Gasteiger charge is 2.24. The molecule has 0 aromatic carbocycles. The van der Waals surface area contributed by atoms with E-state index >= 15 is 0 Å². The topological polar surface area (TPSA) is 18.5 Å². The standard InChI is InChI=1S/C8H13F3O2/c1-3-5-6(12-4-2)13-8(11)7(9)10/h4,6-8H,2-3,5H2,1H3. The summed E-state index contributed by atoms with van der Waals surface area (Å²) in [5, 5.41) is 0. The minimum absolute atomic E-state index is 0.346. The fraction of sp³-hybridized carbons (Fsp3) is 0.750. The van der Waals surface area contributed by atoms with E-state index in [9.17, 15) is 13.2 Å². The lowest BCUT2D eigenvalue weighted by Crippen LogP contribution is -2.25. The van der Waals surface area contributed by atoms with Gasteiger partial charge in [-0.15, -0.1) is 0 Å². The van der Waals surface area contributed by atoms with Crippen molar-refractivity contribution in [3.8, 4) is 0 Å². The molecule has 2 atom stereocenters. The Kier molecular flexibility index (Phi) is 6.40. The summed E-state index contributed by atoms with van der Waals surface area (Å²) in [7, 11) is 0. The van der Waals surface area contributed by atoms with Gasteiger partial charge in [0.15, 0.2) is 0 Å². The lowest BCUT2D eigenvalue weighted by Gasteiger charge is -2.18. The summed E-state index contributed by atoms with van der Waals surface area (Å²) < 4.78 is 44.7. The molecule has 0 aromatic heterocycles. The molecule has 13 heavy (non-hydrogen) atoms. The predicted octanol–water partition coefficient (Wildman–Crippen LogP) is 2.85. The van der Waals surface area contributed by atoms with Crippen molar-refractivity contribution < 1.29 is 22.6 Å². The average Bonchev–Trinajstić information content (AvgIpc) is 2.05. The zero-order valence-electron chi connectivity index (χ0n) is 7.38. The molecule has 0 N–H and O–H groups in total. The molecule has 2 nitrogen and oxygen atoms in total. The summed E-state index contributed by atoms with van der Waals surface area (Å²) in [6, 6.07) is 0. The Balaban J connectivity index is 3.85. The van der Waals surface area contributed by atoms with Gasteiger partial charge in [0.05, 0.1) is 6.26 Å². The second-order valence-corrected chi connectivity index (χ2v) is 2.34. The number of hydrogen-bond acceptors (Lipinski definition) is 2. The lowest BCUT2D eigenvalue weighted by atomic mass is 10.3. The SMILES string of the molecule is C=COC(CCC)OC(F)C(F)F. The van der Waals surface area contributed by atoms with Gasteiger partial charge < -0.3 is 9.47 Å². The first-order chi connectivity index (χ1) is 6.11. The van der Waals surface area contributed by atoms with Crippen LogP contribution in [0.4, 0.5) is 13.2 Å². The van der Waals surface area contributed by atoms with Crippen molar-refractivity contribution in [1.29, 1.82) is 0 Å². The fourth-order valence-electron chi connectivity index (χ4n) is 0.716. The maximum Gasteiger partial charge on any atom is 0.293 e. The molecule has 0 aromatic rings. The Hall–Kier alpha value is -0.710. The van der Waals surface area contributed by atoms with Gasteiger partial charge in [0, 0.05) is 6.42 Å². The van der Waals surface area contributed by atoms with Crippen molar-refractivity contribution >= 4 is 0 Å². The van der Waals surface area contributed by atoms with Crippen LogP contribution in [0.2, 0.25) is 0 Å². The van der Waals surface area contributed by atoms with Gasteiger partial charge in [-0.3, -0.25) is 0 Å². The first kappa shape index (κ1) is 12.3. The van der Waals surface area contributed by atoms with Gasteiger partial charge in [-0.05, 0) is 0 Å². The van der Waals surface area contributed by atoms with Gasteiger partial charge in [0.25, 0.3) is 12.8 Å². The van der Waals surface area contributed by atoms with Crippen LogP contribution in [0.3, 0.4) is 0 Å². The van der Waals surface area contributed by atoms with E-state index in [1.807, 2.05) is 0 Å². The molecule has 78 valence electrons. The van der Waals surface area contributed by atoms with Crippen LogP contribution in [0.25, 0.3) is 0 Å². The monoisotopic (exact) mass is 198 g/mol. The highest BCUT2D eigenvalue weighted by molar-refractivity contribution is 4.55. The largest absolute Gasteiger partial charge is 0.473 e. The quantitative estimate of drug-likeness (QED) is 0.462. The molecule has 5 heteroatoms. The molecule has 0 aliphatic heterocycles. The van der Waals surface area contributed by atoms with Crippen LogP contribution >= 0.6 is 0 Å². The molecule has 2 unspecified atom stereocenters. The van der Waals surface area contributed by atoms with Gasteiger partial charge >= 0.3 is 0 Å². The van der Waals surface area contributed by atoms with Crippen LogP contribution in [0.15, 0.2) is 12.8 Å². The Morgan fingerprint density at radius 3 is 2.38 bits per heavy atom. The van der Waals surface area contributed by atoms with Crippen molar-refractivity contribution in [1.82, 2.24) is 0 Å². The molecule has 0 amide bonds. The third-order valence-electron chi connectivity index (χ3n) is 1.25. The molecule has 0 aliphatic carbocycles. The molecule has 0 aliphatic rings. The third-order valence-corrected chi connectivity index (χ3v) is 1.25. The molecule has 0 bridgehead atoms. The lowest BCUT2D eigenvalue weighted by molar-refractivity contribution is -0.221.